The number of ketones is 1. The third-order valence-electron chi connectivity index (χ3n) is 4.57. The highest BCUT2D eigenvalue weighted by Crippen LogP contribution is 2.35. The highest BCUT2D eigenvalue weighted by molar-refractivity contribution is 6.14. The van der Waals surface area contributed by atoms with E-state index in [9.17, 15) is 9.59 Å². The van der Waals surface area contributed by atoms with Crippen molar-refractivity contribution in [3.63, 3.8) is 0 Å². The third kappa shape index (κ3) is 3.14. The standard InChI is InChI=1S/C20H23N3O3/c1-5-14-18(12(2)26-22-14)20-19(13-8-6-7-9-15(13)21-20)16(24)10-11-17(25)23(3)4/h6-9,21H,5,10-11H2,1-4H3. The van der Waals surface area contributed by atoms with E-state index in [0.29, 0.717) is 17.7 Å². The van der Waals surface area contributed by atoms with Gasteiger partial charge in [-0.1, -0.05) is 30.3 Å². The van der Waals surface area contributed by atoms with Gasteiger partial charge in [-0.05, 0) is 19.4 Å². The number of para-hydroxylation sites is 1. The van der Waals surface area contributed by atoms with E-state index in [1.54, 1.807) is 14.1 Å². The van der Waals surface area contributed by atoms with E-state index in [-0.39, 0.29) is 24.5 Å². The molecule has 0 radical (unpaired) electrons. The second kappa shape index (κ2) is 7.15. The van der Waals surface area contributed by atoms with E-state index in [0.717, 1.165) is 27.9 Å². The summed E-state index contributed by atoms with van der Waals surface area (Å²) in [5.41, 5.74) is 3.86. The van der Waals surface area contributed by atoms with Gasteiger partial charge in [0.15, 0.2) is 5.78 Å². The van der Waals surface area contributed by atoms with E-state index in [1.165, 1.54) is 4.90 Å². The first-order valence-electron chi connectivity index (χ1n) is 8.73. The van der Waals surface area contributed by atoms with Crippen molar-refractivity contribution in [2.45, 2.75) is 33.1 Å². The van der Waals surface area contributed by atoms with E-state index >= 15 is 0 Å². The summed E-state index contributed by atoms with van der Waals surface area (Å²) in [6.07, 6.45) is 1.06. The van der Waals surface area contributed by atoms with Gasteiger partial charge in [0.1, 0.15) is 5.76 Å². The van der Waals surface area contributed by atoms with Gasteiger partial charge in [0.2, 0.25) is 5.91 Å². The number of fused-ring (bicyclic) bond motifs is 1. The number of nitrogens with zero attached hydrogens (tertiary/aromatic N) is 2. The molecule has 0 aliphatic rings. The van der Waals surface area contributed by atoms with Crippen molar-refractivity contribution in [2.24, 2.45) is 0 Å². The number of H-pyrrole nitrogens is 1. The Hall–Kier alpha value is -2.89. The summed E-state index contributed by atoms with van der Waals surface area (Å²) < 4.78 is 5.36. The van der Waals surface area contributed by atoms with Crippen LogP contribution in [0.2, 0.25) is 0 Å². The van der Waals surface area contributed by atoms with Crippen molar-refractivity contribution in [3.8, 4) is 11.3 Å². The number of aromatic amines is 1. The fourth-order valence-electron chi connectivity index (χ4n) is 3.17. The van der Waals surface area contributed by atoms with Gasteiger partial charge in [0, 0.05) is 37.8 Å². The molecule has 0 aliphatic heterocycles. The van der Waals surface area contributed by atoms with Crippen molar-refractivity contribution >= 4 is 22.6 Å². The lowest BCUT2D eigenvalue weighted by Crippen LogP contribution is -2.22. The van der Waals surface area contributed by atoms with Crippen LogP contribution in [-0.2, 0) is 11.2 Å². The van der Waals surface area contributed by atoms with Crippen LogP contribution in [0.5, 0.6) is 0 Å². The Kier molecular flexibility index (Phi) is 4.93. The molecule has 1 aromatic carbocycles. The smallest absolute Gasteiger partial charge is 0.222 e. The van der Waals surface area contributed by atoms with Crippen molar-refractivity contribution in [1.29, 1.82) is 0 Å². The molecule has 0 spiro atoms. The molecule has 6 nitrogen and oxygen atoms in total. The number of aryl methyl sites for hydroxylation is 2. The van der Waals surface area contributed by atoms with Crippen LogP contribution in [0.3, 0.4) is 0 Å². The van der Waals surface area contributed by atoms with E-state index in [4.69, 9.17) is 4.52 Å². The van der Waals surface area contributed by atoms with E-state index in [1.807, 2.05) is 38.1 Å². The summed E-state index contributed by atoms with van der Waals surface area (Å²) in [5.74, 6) is 0.553. The first-order valence-corrected chi connectivity index (χ1v) is 8.73. The predicted octanol–water partition coefficient (Wildman–Crippen LogP) is 3.74. The molecule has 0 fully saturated rings. The molecule has 1 N–H and O–H groups in total. The average Bonchev–Trinajstić information content (AvgIpc) is 3.18. The second-order valence-corrected chi connectivity index (χ2v) is 6.55. The number of rotatable bonds is 6. The lowest BCUT2D eigenvalue weighted by Gasteiger charge is -2.10. The molecular formula is C20H23N3O3. The number of amides is 1. The van der Waals surface area contributed by atoms with E-state index in [2.05, 4.69) is 10.1 Å². The Labute approximate surface area is 152 Å². The second-order valence-electron chi connectivity index (χ2n) is 6.55. The van der Waals surface area contributed by atoms with Crippen molar-refractivity contribution in [1.82, 2.24) is 15.0 Å². The SMILES string of the molecule is CCc1noc(C)c1-c1[nH]c2ccccc2c1C(=O)CCC(=O)N(C)C. The topological polar surface area (TPSA) is 79.2 Å². The summed E-state index contributed by atoms with van der Waals surface area (Å²) >= 11 is 0. The molecule has 0 aliphatic carbocycles. The molecule has 0 saturated heterocycles. The molecule has 0 unspecified atom stereocenters. The first kappa shape index (κ1) is 17.9. The molecule has 0 bridgehead atoms. The molecule has 3 rings (SSSR count). The van der Waals surface area contributed by atoms with Crippen LogP contribution in [0.1, 0.15) is 41.6 Å². The van der Waals surface area contributed by atoms with Crippen LogP contribution in [0.4, 0.5) is 0 Å². The zero-order valence-electron chi connectivity index (χ0n) is 15.5. The summed E-state index contributed by atoms with van der Waals surface area (Å²) in [4.78, 5) is 29.8. The maximum absolute atomic E-state index is 13.0. The number of aromatic nitrogens is 2. The zero-order chi connectivity index (χ0) is 18.8. The lowest BCUT2D eigenvalue weighted by atomic mass is 9.97. The quantitative estimate of drug-likeness (QED) is 0.685. The number of nitrogens with one attached hydrogen (secondary N) is 1. The Morgan fingerprint density at radius 1 is 1.19 bits per heavy atom. The molecule has 3 aromatic rings. The van der Waals surface area contributed by atoms with Gasteiger partial charge in [0.25, 0.3) is 0 Å². The highest BCUT2D eigenvalue weighted by atomic mass is 16.5. The summed E-state index contributed by atoms with van der Waals surface area (Å²) in [6, 6.07) is 7.69. The van der Waals surface area contributed by atoms with Crippen LogP contribution in [0.15, 0.2) is 28.8 Å². The normalized spacial score (nSPS) is 11.1. The molecule has 136 valence electrons. The Morgan fingerprint density at radius 3 is 2.62 bits per heavy atom. The highest BCUT2D eigenvalue weighted by Gasteiger charge is 2.25. The van der Waals surface area contributed by atoms with Crippen LogP contribution in [0.25, 0.3) is 22.2 Å². The van der Waals surface area contributed by atoms with Crippen LogP contribution >= 0.6 is 0 Å². The minimum absolute atomic E-state index is 0.0599. The number of carbonyl (C=O) groups excluding carboxylic acids is 2. The number of Topliss-reactive ketones (excluding diaryl/α,β-unsaturated/α-hetero) is 1. The monoisotopic (exact) mass is 353 g/mol. The lowest BCUT2D eigenvalue weighted by molar-refractivity contribution is -0.128. The van der Waals surface area contributed by atoms with Gasteiger partial charge >= 0.3 is 0 Å². The van der Waals surface area contributed by atoms with Gasteiger partial charge < -0.3 is 14.4 Å². The summed E-state index contributed by atoms with van der Waals surface area (Å²) in [6.45, 7) is 3.84. The van der Waals surface area contributed by atoms with Gasteiger partial charge in [-0.15, -0.1) is 0 Å². The first-order chi connectivity index (χ1) is 12.4. The molecule has 0 saturated carbocycles. The number of hydrogen-bond acceptors (Lipinski definition) is 4. The molecule has 2 heterocycles. The Morgan fingerprint density at radius 2 is 1.92 bits per heavy atom. The van der Waals surface area contributed by atoms with Gasteiger partial charge in [0.05, 0.1) is 22.5 Å². The van der Waals surface area contributed by atoms with Gasteiger partial charge in [-0.2, -0.15) is 0 Å². The minimum Gasteiger partial charge on any atom is -0.361 e. The Balaban J connectivity index is 2.10. The van der Waals surface area contributed by atoms with Gasteiger partial charge in [-0.3, -0.25) is 9.59 Å². The minimum atomic E-state index is -0.0600. The fraction of sp³-hybridized carbons (Fsp3) is 0.350. The van der Waals surface area contributed by atoms with Crippen molar-refractivity contribution in [3.05, 3.63) is 41.3 Å². The molecule has 2 aromatic heterocycles. The van der Waals surface area contributed by atoms with E-state index < -0.39 is 0 Å². The molecular weight excluding hydrogens is 330 g/mol. The molecule has 6 heteroatoms. The summed E-state index contributed by atoms with van der Waals surface area (Å²) in [5, 5.41) is 4.97. The molecule has 26 heavy (non-hydrogen) atoms. The number of hydrogen-bond donors (Lipinski definition) is 1. The van der Waals surface area contributed by atoms with Crippen LogP contribution in [-0.4, -0.2) is 40.8 Å². The van der Waals surface area contributed by atoms with Crippen LogP contribution in [0, 0.1) is 6.92 Å². The van der Waals surface area contributed by atoms with Crippen LogP contribution < -0.4 is 0 Å². The Bertz CT molecular complexity index is 966. The third-order valence-corrected chi connectivity index (χ3v) is 4.57. The fourth-order valence-corrected chi connectivity index (χ4v) is 3.17. The van der Waals surface area contributed by atoms with Crippen molar-refractivity contribution in [2.75, 3.05) is 14.1 Å². The maximum atomic E-state index is 13.0. The predicted molar refractivity (Wildman–Crippen MR) is 100 cm³/mol. The molecule has 1 amide bonds. The van der Waals surface area contributed by atoms with Crippen molar-refractivity contribution < 1.29 is 14.1 Å². The summed E-state index contributed by atoms with van der Waals surface area (Å²) in [7, 11) is 3.38. The largest absolute Gasteiger partial charge is 0.361 e. The zero-order valence-corrected chi connectivity index (χ0v) is 15.5. The molecule has 0 atom stereocenters. The van der Waals surface area contributed by atoms with Gasteiger partial charge in [-0.25, -0.2) is 0 Å². The number of benzene rings is 1. The maximum Gasteiger partial charge on any atom is 0.222 e. The average molecular weight is 353 g/mol. The number of carbonyl (C=O) groups is 2.